The van der Waals surface area contributed by atoms with E-state index in [4.69, 9.17) is 16.3 Å². The molecule has 2 saturated heterocycles. The predicted octanol–water partition coefficient (Wildman–Crippen LogP) is 4.25. The maximum Gasteiger partial charge on any atom is 0.255 e. The number of benzene rings is 3. The lowest BCUT2D eigenvalue weighted by Crippen LogP contribution is -2.52. The number of rotatable bonds is 10. The molecule has 3 aliphatic rings. The number of hydrogen-bond acceptors (Lipinski definition) is 10. The zero-order chi connectivity index (χ0) is 36.4. The number of amides is 4. The Morgan fingerprint density at radius 3 is 2.63 bits per heavy atom. The Bertz CT molecular complexity index is 2100. The zero-order valence-corrected chi connectivity index (χ0v) is 29.1. The summed E-state index contributed by atoms with van der Waals surface area (Å²) in [6, 6.07) is 12.9. The van der Waals surface area contributed by atoms with Crippen molar-refractivity contribution < 1.29 is 28.3 Å². The molecule has 7 rings (SSSR count). The molecular weight excluding hydrogens is 691 g/mol. The predicted molar refractivity (Wildman–Crippen MR) is 193 cm³/mol. The fourth-order valence-electron chi connectivity index (χ4n) is 6.76. The van der Waals surface area contributed by atoms with Gasteiger partial charge in [-0.3, -0.25) is 34.3 Å². The van der Waals surface area contributed by atoms with E-state index in [1.807, 2.05) is 24.3 Å². The van der Waals surface area contributed by atoms with Crippen molar-refractivity contribution in [3.63, 3.8) is 0 Å². The van der Waals surface area contributed by atoms with Crippen molar-refractivity contribution in [2.24, 2.45) is 0 Å². The highest BCUT2D eigenvalue weighted by molar-refractivity contribution is 6.31. The van der Waals surface area contributed by atoms with Crippen LogP contribution in [0, 0.1) is 5.82 Å². The molecule has 1 atom stereocenters. The van der Waals surface area contributed by atoms with Gasteiger partial charge >= 0.3 is 0 Å². The summed E-state index contributed by atoms with van der Waals surface area (Å²) >= 11 is 5.95. The van der Waals surface area contributed by atoms with Crippen LogP contribution in [0.1, 0.15) is 34.3 Å². The number of halogens is 2. The summed E-state index contributed by atoms with van der Waals surface area (Å²) in [5.74, 6) is -0.854. The Hall–Kier alpha value is -5.44. The molecule has 13 nitrogen and oxygen atoms in total. The molecule has 4 aromatic rings. The number of carbonyl (C=O) groups is 4. The van der Waals surface area contributed by atoms with E-state index in [2.05, 4.69) is 35.7 Å². The van der Waals surface area contributed by atoms with Crippen LogP contribution in [0.3, 0.4) is 0 Å². The van der Waals surface area contributed by atoms with Crippen molar-refractivity contribution in [1.82, 2.24) is 30.0 Å². The summed E-state index contributed by atoms with van der Waals surface area (Å²) in [6.45, 7) is 5.04. The van der Waals surface area contributed by atoms with Gasteiger partial charge in [0.1, 0.15) is 29.8 Å². The van der Waals surface area contributed by atoms with Gasteiger partial charge in [0.25, 0.3) is 5.91 Å². The van der Waals surface area contributed by atoms with Gasteiger partial charge in [0.05, 0.1) is 23.3 Å². The molecule has 4 amide bonds. The third-order valence-corrected chi connectivity index (χ3v) is 9.78. The van der Waals surface area contributed by atoms with Crippen LogP contribution in [0.15, 0.2) is 67.0 Å². The zero-order valence-electron chi connectivity index (χ0n) is 28.3. The molecule has 1 unspecified atom stereocenters. The monoisotopic (exact) mass is 726 g/mol. The highest BCUT2D eigenvalue weighted by Crippen LogP contribution is 2.34. The second-order valence-electron chi connectivity index (χ2n) is 12.9. The first-order chi connectivity index (χ1) is 25.1. The first-order valence-corrected chi connectivity index (χ1v) is 17.3. The van der Waals surface area contributed by atoms with Crippen molar-refractivity contribution in [3.05, 3.63) is 94.5 Å². The summed E-state index contributed by atoms with van der Waals surface area (Å²) in [4.78, 5) is 64.8. The number of piperidine rings is 1. The number of piperazine rings is 1. The summed E-state index contributed by atoms with van der Waals surface area (Å²) in [7, 11) is 1.51. The van der Waals surface area contributed by atoms with Gasteiger partial charge in [-0.2, -0.15) is 0 Å². The van der Waals surface area contributed by atoms with Gasteiger partial charge in [0.2, 0.25) is 17.7 Å². The number of carbonyl (C=O) groups excluding carboxylic acids is 4. The number of methoxy groups -OCH3 is 1. The lowest BCUT2D eigenvalue weighted by atomic mass is 10.0. The van der Waals surface area contributed by atoms with Crippen LogP contribution in [0.4, 0.5) is 21.6 Å². The summed E-state index contributed by atoms with van der Waals surface area (Å²) < 4.78 is 19.2. The van der Waals surface area contributed by atoms with Crippen LogP contribution in [-0.4, -0.2) is 94.2 Å². The van der Waals surface area contributed by atoms with Crippen molar-refractivity contribution in [1.29, 1.82) is 0 Å². The van der Waals surface area contributed by atoms with Gasteiger partial charge in [-0.1, -0.05) is 29.8 Å². The fourth-order valence-corrected chi connectivity index (χ4v) is 6.94. The van der Waals surface area contributed by atoms with Crippen LogP contribution in [-0.2, 0) is 27.5 Å². The molecule has 4 heterocycles. The molecule has 2 fully saturated rings. The lowest BCUT2D eigenvalue weighted by molar-refractivity contribution is -0.137. The SMILES string of the molecule is COc1cc2ncnc(Nc3ccc(F)c(Cl)c3)c2cc1NC(=O)/C=C/CN1CCN(Cc2ccc3c(c2)CN(C2CCC(=O)NC2=O)C3=O)CC1. The maximum absolute atomic E-state index is 13.7. The molecule has 15 heteroatoms. The van der Waals surface area contributed by atoms with Gasteiger partial charge in [-0.15, -0.1) is 0 Å². The minimum atomic E-state index is -0.627. The normalized spacial score (nSPS) is 18.2. The Morgan fingerprint density at radius 2 is 1.87 bits per heavy atom. The Balaban J connectivity index is 0.911. The fraction of sp³-hybridized carbons (Fsp3) is 0.297. The van der Waals surface area contributed by atoms with Gasteiger partial charge < -0.3 is 20.3 Å². The second kappa shape index (κ2) is 15.0. The summed E-state index contributed by atoms with van der Waals surface area (Å²) in [6.07, 6.45) is 5.30. The number of anilines is 3. The van der Waals surface area contributed by atoms with Crippen LogP contribution in [0.25, 0.3) is 10.9 Å². The molecule has 52 heavy (non-hydrogen) atoms. The van der Waals surface area contributed by atoms with Crippen LogP contribution >= 0.6 is 11.6 Å². The van der Waals surface area contributed by atoms with Crippen molar-refractivity contribution in [2.45, 2.75) is 32.0 Å². The van der Waals surface area contributed by atoms with Crippen molar-refractivity contribution >= 4 is 63.3 Å². The highest BCUT2D eigenvalue weighted by Gasteiger charge is 2.39. The Labute approximate surface area is 303 Å². The third kappa shape index (κ3) is 7.59. The quantitative estimate of drug-likeness (QED) is 0.160. The number of aromatic nitrogens is 2. The van der Waals surface area contributed by atoms with Crippen molar-refractivity contribution in [2.75, 3.05) is 50.5 Å². The van der Waals surface area contributed by atoms with Gasteiger partial charge in [0, 0.05) is 81.0 Å². The molecule has 1 aromatic heterocycles. The molecule has 0 saturated carbocycles. The minimum absolute atomic E-state index is 0.0240. The van der Waals surface area contributed by atoms with E-state index in [-0.39, 0.29) is 29.2 Å². The molecule has 3 aromatic carbocycles. The van der Waals surface area contributed by atoms with E-state index in [1.54, 1.807) is 23.1 Å². The van der Waals surface area contributed by atoms with E-state index < -0.39 is 17.8 Å². The Kier molecular flexibility index (Phi) is 10.1. The summed E-state index contributed by atoms with van der Waals surface area (Å²) in [5.41, 5.74) is 4.16. The van der Waals surface area contributed by atoms with Crippen molar-refractivity contribution in [3.8, 4) is 5.75 Å². The molecule has 0 radical (unpaired) electrons. The minimum Gasteiger partial charge on any atom is -0.494 e. The van der Waals surface area contributed by atoms with Gasteiger partial charge in [-0.05, 0) is 47.9 Å². The topological polar surface area (TPSA) is 149 Å². The van der Waals surface area contributed by atoms with E-state index in [9.17, 15) is 23.6 Å². The molecule has 268 valence electrons. The first-order valence-electron chi connectivity index (χ1n) is 16.9. The average molecular weight is 727 g/mol. The number of fused-ring (bicyclic) bond motifs is 2. The van der Waals surface area contributed by atoms with Crippen LogP contribution in [0.2, 0.25) is 5.02 Å². The summed E-state index contributed by atoms with van der Waals surface area (Å²) in [5, 5.41) is 8.96. The lowest BCUT2D eigenvalue weighted by Gasteiger charge is -2.34. The van der Waals surface area contributed by atoms with E-state index >= 15 is 0 Å². The number of imide groups is 1. The third-order valence-electron chi connectivity index (χ3n) is 9.49. The number of nitrogens with one attached hydrogen (secondary N) is 3. The van der Waals surface area contributed by atoms with E-state index in [0.717, 1.165) is 43.9 Å². The number of hydrogen-bond donors (Lipinski definition) is 3. The largest absolute Gasteiger partial charge is 0.494 e. The van der Waals surface area contributed by atoms with Gasteiger partial charge in [-0.25, -0.2) is 14.4 Å². The molecular formula is C37H36ClFN8O5. The smallest absolute Gasteiger partial charge is 0.255 e. The highest BCUT2D eigenvalue weighted by atomic mass is 35.5. The molecule has 0 spiro atoms. The van der Waals surface area contributed by atoms with Gasteiger partial charge in [0.15, 0.2) is 0 Å². The number of nitrogens with zero attached hydrogens (tertiary/aromatic N) is 5. The first kappa shape index (κ1) is 35.0. The van der Waals surface area contributed by atoms with Crippen LogP contribution < -0.4 is 20.7 Å². The molecule has 3 aliphatic heterocycles. The second-order valence-corrected chi connectivity index (χ2v) is 13.3. The van der Waals surface area contributed by atoms with Crippen LogP contribution in [0.5, 0.6) is 5.75 Å². The van der Waals surface area contributed by atoms with E-state index in [0.29, 0.717) is 58.9 Å². The average Bonchev–Trinajstić information content (AvgIpc) is 3.45. The molecule has 0 aliphatic carbocycles. The maximum atomic E-state index is 13.7. The molecule has 3 N–H and O–H groups in total. The Morgan fingerprint density at radius 1 is 1.06 bits per heavy atom. The van der Waals surface area contributed by atoms with E-state index in [1.165, 1.54) is 31.6 Å². The number of ether oxygens (including phenoxy) is 1. The standard InChI is InChI=1S/C37H36ClFN8O5/c1-52-32-18-29-26(35(41-21-40-29)42-24-5-7-28(39)27(38)16-24)17-30(32)43-33(48)3-2-10-45-11-13-46(14-12-45)19-22-4-6-25-23(15-22)20-47(37(25)51)31-8-9-34(49)44-36(31)50/h2-7,15-18,21,31H,8-14,19-20H2,1H3,(H,43,48)(H,40,41,42)(H,44,49,50)/b3-2+. The molecule has 0 bridgehead atoms.